The van der Waals surface area contributed by atoms with E-state index >= 15 is 0 Å². The largest absolute Gasteiger partial charge is 0.489 e. The first-order chi connectivity index (χ1) is 22.9. The Labute approximate surface area is 277 Å². The lowest BCUT2D eigenvalue weighted by atomic mass is 9.98. The fourth-order valence-electron chi connectivity index (χ4n) is 4.91. The van der Waals surface area contributed by atoms with E-state index in [1.807, 2.05) is 84.9 Å². The topological polar surface area (TPSA) is 146 Å². The van der Waals surface area contributed by atoms with Crippen LogP contribution in [0.3, 0.4) is 0 Å². The fourth-order valence-corrected chi connectivity index (χ4v) is 4.91. The minimum absolute atomic E-state index is 0.0895. The van der Waals surface area contributed by atoms with Gasteiger partial charge in [0.2, 0.25) is 11.8 Å². The molecule has 0 aliphatic rings. The van der Waals surface area contributed by atoms with Crippen LogP contribution in [-0.4, -0.2) is 60.0 Å². The molecule has 0 saturated carbocycles. The van der Waals surface area contributed by atoms with Crippen LogP contribution in [0.5, 0.6) is 5.75 Å². The lowest BCUT2D eigenvalue weighted by Crippen LogP contribution is -2.44. The molecule has 0 radical (unpaired) electrons. The zero-order valence-corrected chi connectivity index (χ0v) is 26.8. The first kappa shape index (κ1) is 36.8. The predicted octanol–water partition coefficient (Wildman–Crippen LogP) is 4.44. The minimum atomic E-state index is -0.678. The van der Waals surface area contributed by atoms with E-state index in [9.17, 15) is 24.6 Å². The molecule has 10 nitrogen and oxygen atoms in total. The Morgan fingerprint density at radius 1 is 0.766 bits per heavy atom. The van der Waals surface area contributed by atoms with Gasteiger partial charge >= 0.3 is 6.09 Å². The Balaban J connectivity index is 1.37. The van der Waals surface area contributed by atoms with Gasteiger partial charge in [-0.25, -0.2) is 4.79 Å². The molecular formula is C37H47N3O7. The Morgan fingerprint density at radius 2 is 1.40 bits per heavy atom. The van der Waals surface area contributed by atoms with Crippen molar-refractivity contribution >= 4 is 17.9 Å². The molecule has 0 aliphatic heterocycles. The van der Waals surface area contributed by atoms with Gasteiger partial charge in [-0.1, -0.05) is 78.9 Å². The number of amides is 3. The third-order valence-corrected chi connectivity index (χ3v) is 7.52. The van der Waals surface area contributed by atoms with Crippen LogP contribution in [-0.2, 0) is 34.0 Å². The van der Waals surface area contributed by atoms with E-state index in [-0.39, 0.29) is 44.5 Å². The van der Waals surface area contributed by atoms with Crippen LogP contribution in [0, 0.1) is 5.92 Å². The van der Waals surface area contributed by atoms with E-state index in [1.165, 1.54) is 0 Å². The van der Waals surface area contributed by atoms with Gasteiger partial charge in [0.05, 0.1) is 31.2 Å². The minimum Gasteiger partial charge on any atom is -0.489 e. The van der Waals surface area contributed by atoms with Crippen LogP contribution < -0.4 is 20.7 Å². The number of nitrogens with one attached hydrogen (secondary N) is 3. The number of aliphatic hydroxyl groups excluding tert-OH is 2. The average Bonchev–Trinajstić information content (AvgIpc) is 3.10. The van der Waals surface area contributed by atoms with E-state index in [0.717, 1.165) is 22.4 Å². The second-order valence-electron chi connectivity index (χ2n) is 11.4. The quantitative estimate of drug-likeness (QED) is 0.0851. The molecule has 5 N–H and O–H groups in total. The Morgan fingerprint density at radius 3 is 2.02 bits per heavy atom. The predicted molar refractivity (Wildman–Crippen MR) is 180 cm³/mol. The van der Waals surface area contributed by atoms with E-state index in [2.05, 4.69) is 22.5 Å². The standard InChI is InChI=1S/C37H47N3O7/c1-2-11-31(36(44)40-32(24-41)16-9-10-21-38-37(45)47-27-30-14-7-4-8-15-30)23-35(43)39-33(25-42)22-28-17-19-34(20-18-28)46-26-29-12-5-3-6-13-29/h2-8,12-15,17-20,31-33,41-42H,1,9-11,16,21-27H2,(H,38,45)(H,39,43)(H,40,44)/t31-,32-,33-/m0/s1. The molecular weight excluding hydrogens is 598 g/mol. The summed E-state index contributed by atoms with van der Waals surface area (Å²) in [4.78, 5) is 37.8. The molecule has 3 aromatic carbocycles. The molecule has 0 aromatic heterocycles. The molecule has 3 rings (SSSR count). The van der Waals surface area contributed by atoms with E-state index < -0.39 is 24.1 Å². The lowest BCUT2D eigenvalue weighted by Gasteiger charge is -2.22. The van der Waals surface area contributed by atoms with Crippen LogP contribution in [0.15, 0.2) is 97.6 Å². The number of hydrogen-bond acceptors (Lipinski definition) is 7. The summed E-state index contributed by atoms with van der Waals surface area (Å²) in [5, 5.41) is 28.1. The second kappa shape index (κ2) is 21.2. The highest BCUT2D eigenvalue weighted by atomic mass is 16.5. The van der Waals surface area contributed by atoms with Crippen molar-refractivity contribution in [1.82, 2.24) is 16.0 Å². The smallest absolute Gasteiger partial charge is 0.407 e. The van der Waals surface area contributed by atoms with Crippen LogP contribution in [0.25, 0.3) is 0 Å². The van der Waals surface area contributed by atoms with Gasteiger partial charge < -0.3 is 35.6 Å². The number of hydrogen-bond donors (Lipinski definition) is 5. The summed E-state index contributed by atoms with van der Waals surface area (Å²) < 4.78 is 11.0. The maximum absolute atomic E-state index is 13.0. The molecule has 0 saturated heterocycles. The normalized spacial score (nSPS) is 12.6. The molecule has 3 aromatic rings. The summed E-state index contributed by atoms with van der Waals surface area (Å²) in [6.07, 6.45) is 3.46. The number of ether oxygens (including phenoxy) is 2. The summed E-state index contributed by atoms with van der Waals surface area (Å²) >= 11 is 0. The van der Waals surface area contributed by atoms with Crippen molar-refractivity contribution < 1.29 is 34.1 Å². The number of carbonyl (C=O) groups excluding carboxylic acids is 3. The van der Waals surface area contributed by atoms with Gasteiger partial charge in [-0.2, -0.15) is 0 Å². The monoisotopic (exact) mass is 645 g/mol. The molecule has 0 spiro atoms. The van der Waals surface area contributed by atoms with Crippen molar-refractivity contribution in [2.45, 2.75) is 63.8 Å². The molecule has 252 valence electrons. The first-order valence-corrected chi connectivity index (χ1v) is 16.0. The molecule has 10 heteroatoms. The third kappa shape index (κ3) is 14.5. The molecule has 0 fully saturated rings. The highest BCUT2D eigenvalue weighted by Gasteiger charge is 2.24. The summed E-state index contributed by atoms with van der Waals surface area (Å²) in [5.74, 6) is -0.673. The van der Waals surface area contributed by atoms with Crippen LogP contribution >= 0.6 is 0 Å². The van der Waals surface area contributed by atoms with Gasteiger partial charge in [-0.15, -0.1) is 6.58 Å². The number of unbranched alkanes of at least 4 members (excludes halogenated alkanes) is 1. The Hall–Kier alpha value is -4.67. The summed E-state index contributed by atoms with van der Waals surface area (Å²) in [6.45, 7) is 4.25. The van der Waals surface area contributed by atoms with E-state index in [0.29, 0.717) is 38.8 Å². The highest BCUT2D eigenvalue weighted by Crippen LogP contribution is 2.16. The maximum atomic E-state index is 13.0. The van der Waals surface area contributed by atoms with Crippen molar-refractivity contribution in [3.63, 3.8) is 0 Å². The summed E-state index contributed by atoms with van der Waals surface area (Å²) in [5.41, 5.74) is 2.89. The van der Waals surface area contributed by atoms with E-state index in [4.69, 9.17) is 9.47 Å². The van der Waals surface area contributed by atoms with Gasteiger partial charge in [0.15, 0.2) is 0 Å². The van der Waals surface area contributed by atoms with Gasteiger partial charge in [0, 0.05) is 13.0 Å². The van der Waals surface area contributed by atoms with Crippen molar-refractivity contribution in [2.75, 3.05) is 19.8 Å². The number of benzene rings is 3. The SMILES string of the molecule is C=CC[C@@H](CC(=O)N[C@H](CO)Cc1ccc(OCc2ccccc2)cc1)C(=O)N[C@H](CO)CCCCNC(=O)OCc1ccccc1. The second-order valence-corrected chi connectivity index (χ2v) is 11.4. The first-order valence-electron chi connectivity index (χ1n) is 16.0. The van der Waals surface area contributed by atoms with E-state index in [1.54, 1.807) is 6.08 Å². The van der Waals surface area contributed by atoms with Crippen molar-refractivity contribution in [2.24, 2.45) is 5.92 Å². The van der Waals surface area contributed by atoms with Gasteiger partial charge in [-0.3, -0.25) is 9.59 Å². The molecule has 47 heavy (non-hydrogen) atoms. The third-order valence-electron chi connectivity index (χ3n) is 7.52. The van der Waals surface area contributed by atoms with Crippen molar-refractivity contribution in [1.29, 1.82) is 0 Å². The molecule has 0 heterocycles. The maximum Gasteiger partial charge on any atom is 0.407 e. The van der Waals surface area contributed by atoms with Crippen LogP contribution in [0.1, 0.15) is 48.8 Å². The van der Waals surface area contributed by atoms with Crippen molar-refractivity contribution in [3.8, 4) is 5.75 Å². The lowest BCUT2D eigenvalue weighted by molar-refractivity contribution is -0.131. The number of aliphatic hydroxyl groups is 2. The number of carbonyl (C=O) groups is 3. The number of alkyl carbamates (subject to hydrolysis) is 1. The summed E-state index contributed by atoms with van der Waals surface area (Å²) in [6, 6.07) is 25.7. The van der Waals surface area contributed by atoms with Gasteiger partial charge in [0.25, 0.3) is 0 Å². The molecule has 3 amide bonds. The summed E-state index contributed by atoms with van der Waals surface area (Å²) in [7, 11) is 0. The molecule has 3 atom stereocenters. The molecule has 0 unspecified atom stereocenters. The number of rotatable bonds is 21. The molecule has 0 aliphatic carbocycles. The Bertz CT molecular complexity index is 1350. The zero-order chi connectivity index (χ0) is 33.7. The van der Waals surface area contributed by atoms with Crippen LogP contribution in [0.4, 0.5) is 4.79 Å². The zero-order valence-electron chi connectivity index (χ0n) is 26.8. The Kier molecular flexibility index (Phi) is 16.6. The average molecular weight is 646 g/mol. The molecule has 0 bridgehead atoms. The van der Waals surface area contributed by atoms with Crippen molar-refractivity contribution in [3.05, 3.63) is 114 Å². The van der Waals surface area contributed by atoms with Gasteiger partial charge in [0.1, 0.15) is 19.0 Å². The highest BCUT2D eigenvalue weighted by molar-refractivity contribution is 5.86. The van der Waals surface area contributed by atoms with Crippen LogP contribution in [0.2, 0.25) is 0 Å². The fraction of sp³-hybridized carbons (Fsp3) is 0.378. The number of allylic oxidation sites excluding steroid dienone is 1. The van der Waals surface area contributed by atoms with Gasteiger partial charge in [-0.05, 0) is 60.9 Å².